The van der Waals surface area contributed by atoms with E-state index in [2.05, 4.69) is 10.2 Å². The third-order valence-corrected chi connectivity index (χ3v) is 3.47. The van der Waals surface area contributed by atoms with Crippen LogP contribution in [0.15, 0.2) is 18.2 Å². The number of hydrogen-bond acceptors (Lipinski definition) is 3. The van der Waals surface area contributed by atoms with Gasteiger partial charge in [0.1, 0.15) is 0 Å². The van der Waals surface area contributed by atoms with Gasteiger partial charge < -0.3 is 10.1 Å². The summed E-state index contributed by atoms with van der Waals surface area (Å²) in [5.41, 5.74) is -0.384. The Balaban J connectivity index is 1.91. The van der Waals surface area contributed by atoms with Crippen molar-refractivity contribution < 1.29 is 17.9 Å². The molecule has 0 amide bonds. The van der Waals surface area contributed by atoms with E-state index in [-0.39, 0.29) is 0 Å². The van der Waals surface area contributed by atoms with Gasteiger partial charge in [-0.1, -0.05) is 11.6 Å². The molecule has 0 saturated carbocycles. The number of benzene rings is 1. The second-order valence-electron chi connectivity index (χ2n) is 4.57. The number of morpholine rings is 1. The molecule has 0 unspecified atom stereocenters. The number of anilines is 1. The van der Waals surface area contributed by atoms with Gasteiger partial charge in [-0.05, 0) is 18.2 Å². The van der Waals surface area contributed by atoms with Gasteiger partial charge in [0.2, 0.25) is 0 Å². The van der Waals surface area contributed by atoms with Crippen LogP contribution in [0.2, 0.25) is 5.02 Å². The summed E-state index contributed by atoms with van der Waals surface area (Å²) in [6, 6.07) is 3.29. The van der Waals surface area contributed by atoms with Crippen LogP contribution in [-0.4, -0.2) is 44.3 Å². The summed E-state index contributed by atoms with van der Waals surface area (Å²) < 4.78 is 43.1. The summed E-state index contributed by atoms with van der Waals surface area (Å²) in [7, 11) is 0. The lowest BCUT2D eigenvalue weighted by Crippen LogP contribution is -2.39. The molecule has 1 saturated heterocycles. The van der Waals surface area contributed by atoms with Crippen LogP contribution in [-0.2, 0) is 10.9 Å². The highest BCUT2D eigenvalue weighted by molar-refractivity contribution is 6.33. The van der Waals surface area contributed by atoms with Gasteiger partial charge in [0.25, 0.3) is 0 Å². The Bertz CT molecular complexity index is 448. The van der Waals surface area contributed by atoms with E-state index in [1.54, 1.807) is 0 Å². The number of rotatable bonds is 4. The van der Waals surface area contributed by atoms with Crippen molar-refractivity contribution >= 4 is 17.3 Å². The molecule has 1 aromatic carbocycles. The molecule has 0 atom stereocenters. The van der Waals surface area contributed by atoms with E-state index in [9.17, 15) is 13.2 Å². The van der Waals surface area contributed by atoms with Crippen LogP contribution in [0.25, 0.3) is 0 Å². The van der Waals surface area contributed by atoms with Gasteiger partial charge in [-0.3, -0.25) is 4.90 Å². The van der Waals surface area contributed by atoms with Crippen LogP contribution < -0.4 is 5.32 Å². The van der Waals surface area contributed by atoms with Crippen LogP contribution in [0.4, 0.5) is 18.9 Å². The lowest BCUT2D eigenvalue weighted by Gasteiger charge is -2.26. The fraction of sp³-hybridized carbons (Fsp3) is 0.538. The van der Waals surface area contributed by atoms with Crippen LogP contribution in [0.5, 0.6) is 0 Å². The normalized spacial score (nSPS) is 17.2. The van der Waals surface area contributed by atoms with Crippen molar-refractivity contribution in [3.63, 3.8) is 0 Å². The van der Waals surface area contributed by atoms with E-state index in [0.717, 1.165) is 31.8 Å². The average Bonchev–Trinajstić information content (AvgIpc) is 2.41. The highest BCUT2D eigenvalue weighted by Gasteiger charge is 2.30. The van der Waals surface area contributed by atoms with Gasteiger partial charge in [0, 0.05) is 26.2 Å². The van der Waals surface area contributed by atoms with Crippen molar-refractivity contribution in [3.05, 3.63) is 28.8 Å². The van der Waals surface area contributed by atoms with Crippen LogP contribution in [0, 0.1) is 0 Å². The molecule has 0 aliphatic carbocycles. The van der Waals surface area contributed by atoms with Crippen molar-refractivity contribution in [3.8, 4) is 0 Å². The number of nitrogens with one attached hydrogen (secondary N) is 1. The first-order valence-electron chi connectivity index (χ1n) is 6.37. The zero-order valence-corrected chi connectivity index (χ0v) is 11.6. The molecule has 7 heteroatoms. The first-order chi connectivity index (χ1) is 9.47. The Kier molecular flexibility index (Phi) is 5.12. The summed E-state index contributed by atoms with van der Waals surface area (Å²) in [4.78, 5) is 2.19. The molecule has 1 N–H and O–H groups in total. The van der Waals surface area contributed by atoms with E-state index >= 15 is 0 Å². The topological polar surface area (TPSA) is 24.5 Å². The summed E-state index contributed by atoms with van der Waals surface area (Å²) in [6.45, 7) is 4.38. The van der Waals surface area contributed by atoms with Crippen molar-refractivity contribution in [2.24, 2.45) is 0 Å². The van der Waals surface area contributed by atoms with E-state index in [1.165, 1.54) is 6.07 Å². The number of alkyl halides is 3. The van der Waals surface area contributed by atoms with Crippen LogP contribution >= 0.6 is 11.6 Å². The quantitative estimate of drug-likeness (QED) is 0.925. The molecule has 112 valence electrons. The van der Waals surface area contributed by atoms with Gasteiger partial charge in [-0.15, -0.1) is 0 Å². The Morgan fingerprint density at radius 3 is 2.60 bits per heavy atom. The van der Waals surface area contributed by atoms with Gasteiger partial charge in [0.15, 0.2) is 0 Å². The molecule has 20 heavy (non-hydrogen) atoms. The Morgan fingerprint density at radius 2 is 1.95 bits per heavy atom. The molecule has 1 aliphatic rings. The summed E-state index contributed by atoms with van der Waals surface area (Å²) in [5.74, 6) is 0. The molecule has 0 bridgehead atoms. The molecular weight excluding hydrogens is 293 g/mol. The standard InChI is InChI=1S/C13H16ClF3N2O/c14-11-2-1-10(13(15,16)17)9-12(11)18-3-4-19-5-7-20-8-6-19/h1-2,9,18H,3-8H2. The minimum Gasteiger partial charge on any atom is -0.383 e. The second-order valence-corrected chi connectivity index (χ2v) is 4.98. The molecule has 3 nitrogen and oxygen atoms in total. The Labute approximate surface area is 120 Å². The number of halogens is 4. The SMILES string of the molecule is FC(F)(F)c1ccc(Cl)c(NCCN2CCOCC2)c1. The molecule has 1 aliphatic heterocycles. The monoisotopic (exact) mass is 308 g/mol. The van der Waals surface area contributed by atoms with Gasteiger partial charge in [-0.25, -0.2) is 0 Å². The van der Waals surface area contributed by atoms with Gasteiger partial charge in [-0.2, -0.15) is 13.2 Å². The third kappa shape index (κ3) is 4.26. The number of ether oxygens (including phenoxy) is 1. The van der Waals surface area contributed by atoms with E-state index < -0.39 is 11.7 Å². The van der Waals surface area contributed by atoms with Crippen molar-refractivity contribution in [2.45, 2.75) is 6.18 Å². The highest BCUT2D eigenvalue weighted by Crippen LogP contribution is 2.33. The number of nitrogens with zero attached hydrogens (tertiary/aromatic N) is 1. The molecule has 1 heterocycles. The molecule has 0 aromatic heterocycles. The van der Waals surface area contributed by atoms with Gasteiger partial charge >= 0.3 is 6.18 Å². The molecule has 0 radical (unpaired) electrons. The van der Waals surface area contributed by atoms with Crippen LogP contribution in [0.3, 0.4) is 0 Å². The van der Waals surface area contributed by atoms with Crippen molar-refractivity contribution in [1.82, 2.24) is 4.90 Å². The fourth-order valence-corrected chi connectivity index (χ4v) is 2.19. The minimum absolute atomic E-state index is 0.292. The summed E-state index contributed by atoms with van der Waals surface area (Å²) >= 11 is 5.90. The van der Waals surface area contributed by atoms with E-state index in [4.69, 9.17) is 16.3 Å². The predicted molar refractivity (Wildman–Crippen MR) is 72.2 cm³/mol. The van der Waals surface area contributed by atoms with E-state index in [0.29, 0.717) is 30.5 Å². The van der Waals surface area contributed by atoms with Crippen LogP contribution in [0.1, 0.15) is 5.56 Å². The second kappa shape index (κ2) is 6.65. The lowest BCUT2D eigenvalue weighted by molar-refractivity contribution is -0.137. The van der Waals surface area contributed by atoms with Crippen molar-refractivity contribution in [2.75, 3.05) is 44.7 Å². The fourth-order valence-electron chi connectivity index (χ4n) is 2.01. The summed E-state index contributed by atoms with van der Waals surface area (Å²) in [6.07, 6.45) is -4.36. The lowest BCUT2D eigenvalue weighted by atomic mass is 10.2. The molecule has 1 fully saturated rings. The molecule has 2 rings (SSSR count). The maximum Gasteiger partial charge on any atom is 0.416 e. The van der Waals surface area contributed by atoms with Gasteiger partial charge in [0.05, 0.1) is 29.5 Å². The van der Waals surface area contributed by atoms with Crippen molar-refractivity contribution in [1.29, 1.82) is 0 Å². The zero-order valence-electron chi connectivity index (χ0n) is 10.8. The zero-order chi connectivity index (χ0) is 14.6. The smallest absolute Gasteiger partial charge is 0.383 e. The first-order valence-corrected chi connectivity index (χ1v) is 6.75. The first kappa shape index (κ1) is 15.4. The summed E-state index contributed by atoms with van der Waals surface area (Å²) in [5, 5.41) is 3.25. The number of hydrogen-bond donors (Lipinski definition) is 1. The highest BCUT2D eigenvalue weighted by atomic mass is 35.5. The predicted octanol–water partition coefficient (Wildman–Crippen LogP) is 3.10. The molecule has 0 spiro atoms. The molecule has 1 aromatic rings. The minimum atomic E-state index is -4.36. The maximum atomic E-state index is 12.6. The van der Waals surface area contributed by atoms with E-state index in [1.807, 2.05) is 0 Å². The largest absolute Gasteiger partial charge is 0.416 e. The molecular formula is C13H16ClF3N2O. The Hall–Kier alpha value is -0.980. The Morgan fingerprint density at radius 1 is 1.25 bits per heavy atom. The maximum absolute atomic E-state index is 12.6. The third-order valence-electron chi connectivity index (χ3n) is 3.14. The average molecular weight is 309 g/mol.